The van der Waals surface area contributed by atoms with Crippen LogP contribution in [0.1, 0.15) is 10.4 Å². The summed E-state index contributed by atoms with van der Waals surface area (Å²) in [5, 5.41) is 0. The van der Waals surface area contributed by atoms with Gasteiger partial charge >= 0.3 is 5.69 Å². The van der Waals surface area contributed by atoms with E-state index in [2.05, 4.69) is 15.9 Å². The molecule has 0 saturated heterocycles. The number of hydrogen-bond donors (Lipinski definition) is 1. The van der Waals surface area contributed by atoms with Crippen LogP contribution >= 0.6 is 15.9 Å². The quantitative estimate of drug-likeness (QED) is 0.688. The van der Waals surface area contributed by atoms with Crippen molar-refractivity contribution in [1.82, 2.24) is 9.13 Å². The molecule has 3 aromatic rings. The van der Waals surface area contributed by atoms with Crippen LogP contribution in [0.2, 0.25) is 0 Å². The summed E-state index contributed by atoms with van der Waals surface area (Å²) >= 11 is 3.34. The van der Waals surface area contributed by atoms with Crippen molar-refractivity contribution in [3.8, 4) is 0 Å². The maximum atomic E-state index is 12.7. The minimum Gasteiger partial charge on any atom is -0.399 e. The Morgan fingerprint density at radius 3 is 2.57 bits per heavy atom. The van der Waals surface area contributed by atoms with Crippen molar-refractivity contribution in [2.24, 2.45) is 7.05 Å². The molecule has 2 aromatic carbocycles. The van der Waals surface area contributed by atoms with Gasteiger partial charge in [-0.2, -0.15) is 0 Å². The zero-order valence-corrected chi connectivity index (χ0v) is 12.8. The maximum absolute atomic E-state index is 12.7. The fourth-order valence-electron chi connectivity index (χ4n) is 2.31. The summed E-state index contributed by atoms with van der Waals surface area (Å²) in [4.78, 5) is 25.1. The summed E-state index contributed by atoms with van der Waals surface area (Å²) in [5.74, 6) is -0.385. The molecular weight excluding hydrogens is 334 g/mol. The van der Waals surface area contributed by atoms with Gasteiger partial charge in [-0.05, 0) is 46.3 Å². The van der Waals surface area contributed by atoms with Crippen LogP contribution in [0.4, 0.5) is 5.69 Å². The molecule has 106 valence electrons. The van der Waals surface area contributed by atoms with Crippen LogP contribution in [0, 0.1) is 0 Å². The number of fused-ring (bicyclic) bond motifs is 1. The number of aryl methyl sites for hydroxylation is 1. The molecule has 0 aliphatic heterocycles. The minimum atomic E-state index is -0.392. The summed E-state index contributed by atoms with van der Waals surface area (Å²) in [5.41, 5.74) is 7.48. The number of benzene rings is 2. The molecule has 6 heteroatoms. The molecule has 2 N–H and O–H groups in total. The first-order valence-electron chi connectivity index (χ1n) is 6.27. The van der Waals surface area contributed by atoms with Crippen LogP contribution in [0.3, 0.4) is 0 Å². The Labute approximate surface area is 128 Å². The molecule has 0 aliphatic carbocycles. The molecule has 0 amide bonds. The van der Waals surface area contributed by atoms with E-state index in [9.17, 15) is 9.59 Å². The number of nitrogens with two attached hydrogens (primary N) is 1. The van der Waals surface area contributed by atoms with Crippen molar-refractivity contribution in [3.05, 3.63) is 63.0 Å². The molecule has 3 rings (SSSR count). The lowest BCUT2D eigenvalue weighted by molar-refractivity contribution is 0.0959. The van der Waals surface area contributed by atoms with Gasteiger partial charge in [0.2, 0.25) is 0 Å². The van der Waals surface area contributed by atoms with Gasteiger partial charge in [-0.1, -0.05) is 12.1 Å². The van der Waals surface area contributed by atoms with Gasteiger partial charge in [-0.3, -0.25) is 9.36 Å². The molecule has 0 aliphatic rings. The van der Waals surface area contributed by atoms with Gasteiger partial charge < -0.3 is 5.73 Å². The summed E-state index contributed by atoms with van der Waals surface area (Å²) in [7, 11) is 1.63. The summed E-state index contributed by atoms with van der Waals surface area (Å²) in [6.07, 6.45) is 0. The third-order valence-electron chi connectivity index (χ3n) is 3.39. The normalized spacial score (nSPS) is 11.0. The highest BCUT2D eigenvalue weighted by Crippen LogP contribution is 2.21. The van der Waals surface area contributed by atoms with E-state index in [-0.39, 0.29) is 5.91 Å². The van der Waals surface area contributed by atoms with Crippen molar-refractivity contribution in [2.45, 2.75) is 0 Å². The first kappa shape index (κ1) is 13.6. The second-order valence-electron chi connectivity index (χ2n) is 4.71. The molecule has 0 radical (unpaired) electrons. The predicted molar refractivity (Wildman–Crippen MR) is 85.5 cm³/mol. The van der Waals surface area contributed by atoms with Crippen LogP contribution in [-0.4, -0.2) is 15.0 Å². The number of halogens is 1. The molecule has 0 fully saturated rings. The third kappa shape index (κ3) is 2.08. The number of nitrogen functional groups attached to an aromatic ring is 1. The van der Waals surface area contributed by atoms with E-state index in [0.29, 0.717) is 26.8 Å². The van der Waals surface area contributed by atoms with E-state index in [0.717, 1.165) is 4.57 Å². The SMILES string of the molecule is Cn1c(=O)n(C(=O)c2ccccc2Br)c2cc(N)ccc21. The Balaban J connectivity index is 2.33. The molecule has 0 spiro atoms. The topological polar surface area (TPSA) is 70.0 Å². The second kappa shape index (κ2) is 4.89. The first-order chi connectivity index (χ1) is 10.0. The predicted octanol–water partition coefficient (Wildman–Crippen LogP) is 2.37. The number of anilines is 1. The number of imidazole rings is 1. The number of hydrogen-bond acceptors (Lipinski definition) is 3. The van der Waals surface area contributed by atoms with Crippen molar-refractivity contribution in [3.63, 3.8) is 0 Å². The van der Waals surface area contributed by atoms with E-state index in [4.69, 9.17) is 5.73 Å². The molecule has 21 heavy (non-hydrogen) atoms. The Bertz CT molecular complexity index is 924. The van der Waals surface area contributed by atoms with Crippen LogP contribution in [0.25, 0.3) is 11.0 Å². The molecule has 0 bridgehead atoms. The zero-order valence-electron chi connectivity index (χ0n) is 11.2. The molecule has 5 nitrogen and oxygen atoms in total. The summed E-state index contributed by atoms with van der Waals surface area (Å²) < 4.78 is 3.22. The van der Waals surface area contributed by atoms with Gasteiger partial charge in [0.1, 0.15) is 0 Å². The van der Waals surface area contributed by atoms with Crippen LogP contribution in [0.15, 0.2) is 51.7 Å². The van der Waals surface area contributed by atoms with Gasteiger partial charge in [0.25, 0.3) is 5.91 Å². The van der Waals surface area contributed by atoms with Crippen LogP contribution < -0.4 is 11.4 Å². The van der Waals surface area contributed by atoms with Gasteiger partial charge in [-0.25, -0.2) is 9.36 Å². The monoisotopic (exact) mass is 345 g/mol. The van der Waals surface area contributed by atoms with E-state index in [1.165, 1.54) is 4.57 Å². The van der Waals surface area contributed by atoms with Gasteiger partial charge in [0, 0.05) is 17.2 Å². The largest absolute Gasteiger partial charge is 0.399 e. The van der Waals surface area contributed by atoms with E-state index < -0.39 is 5.69 Å². The summed E-state index contributed by atoms with van der Waals surface area (Å²) in [6.45, 7) is 0. The van der Waals surface area contributed by atoms with Crippen molar-refractivity contribution >= 4 is 38.6 Å². The van der Waals surface area contributed by atoms with Gasteiger partial charge in [0.15, 0.2) is 0 Å². The number of carbonyl (C=O) groups excluding carboxylic acids is 1. The van der Waals surface area contributed by atoms with Crippen molar-refractivity contribution in [2.75, 3.05) is 5.73 Å². The Hall–Kier alpha value is -2.34. The number of aromatic nitrogens is 2. The minimum absolute atomic E-state index is 0.385. The lowest BCUT2D eigenvalue weighted by Crippen LogP contribution is -2.28. The highest BCUT2D eigenvalue weighted by atomic mass is 79.9. The van der Waals surface area contributed by atoms with E-state index in [1.54, 1.807) is 43.4 Å². The Kier molecular flexibility index (Phi) is 3.17. The first-order valence-corrected chi connectivity index (χ1v) is 7.06. The second-order valence-corrected chi connectivity index (χ2v) is 5.56. The lowest BCUT2D eigenvalue weighted by Gasteiger charge is -2.04. The highest BCUT2D eigenvalue weighted by molar-refractivity contribution is 9.10. The third-order valence-corrected chi connectivity index (χ3v) is 4.08. The smallest absolute Gasteiger partial charge is 0.335 e. The van der Waals surface area contributed by atoms with Gasteiger partial charge in [0.05, 0.1) is 16.6 Å². The average molecular weight is 346 g/mol. The van der Waals surface area contributed by atoms with Crippen molar-refractivity contribution < 1.29 is 4.79 Å². The lowest BCUT2D eigenvalue weighted by atomic mass is 10.2. The van der Waals surface area contributed by atoms with Gasteiger partial charge in [-0.15, -0.1) is 0 Å². The van der Waals surface area contributed by atoms with Crippen LogP contribution in [-0.2, 0) is 7.05 Å². The van der Waals surface area contributed by atoms with E-state index in [1.807, 2.05) is 6.07 Å². The zero-order chi connectivity index (χ0) is 15.1. The summed E-state index contributed by atoms with van der Waals surface area (Å²) in [6, 6.07) is 12.1. The molecule has 0 atom stereocenters. The number of carbonyl (C=O) groups is 1. The maximum Gasteiger partial charge on any atom is 0.335 e. The molecule has 0 saturated carbocycles. The molecular formula is C15H12BrN3O2. The number of nitrogens with zero attached hydrogens (tertiary/aromatic N) is 2. The molecule has 0 unspecified atom stereocenters. The number of rotatable bonds is 1. The fraction of sp³-hybridized carbons (Fsp3) is 0.0667. The average Bonchev–Trinajstić information content (AvgIpc) is 2.70. The van der Waals surface area contributed by atoms with Crippen LogP contribution in [0.5, 0.6) is 0 Å². The highest BCUT2D eigenvalue weighted by Gasteiger charge is 2.19. The standard InChI is InChI=1S/C15H12BrN3O2/c1-18-12-7-6-9(17)8-13(12)19(15(18)21)14(20)10-4-2-3-5-11(10)16/h2-8H,17H2,1H3. The van der Waals surface area contributed by atoms with Crippen molar-refractivity contribution in [1.29, 1.82) is 0 Å². The molecule has 1 aromatic heterocycles. The molecule has 1 heterocycles. The Morgan fingerprint density at radius 2 is 1.86 bits per heavy atom. The Morgan fingerprint density at radius 1 is 1.14 bits per heavy atom. The fourth-order valence-corrected chi connectivity index (χ4v) is 2.77. The van der Waals surface area contributed by atoms with E-state index >= 15 is 0 Å².